The quantitative estimate of drug-likeness (QED) is 0.641. The second-order valence-corrected chi connectivity index (χ2v) is 7.22. The molecule has 0 aliphatic heterocycles. The molecular weight excluding hydrogens is 356 g/mol. The van der Waals surface area contributed by atoms with Crippen LogP contribution in [0.15, 0.2) is 65.3 Å². The van der Waals surface area contributed by atoms with E-state index in [9.17, 15) is 4.79 Å². The monoisotopic (exact) mass is 372 g/mol. The summed E-state index contributed by atoms with van der Waals surface area (Å²) < 4.78 is 5.51. The van der Waals surface area contributed by atoms with Crippen molar-refractivity contribution >= 4 is 35.0 Å². The Balaban J connectivity index is 1.54. The molecule has 1 atom stereocenters. The molecule has 1 aromatic heterocycles. The molecule has 0 aliphatic carbocycles. The predicted octanol–water partition coefficient (Wildman–Crippen LogP) is 5.26. The lowest BCUT2D eigenvalue weighted by Gasteiger charge is -2.11. The van der Waals surface area contributed by atoms with Crippen LogP contribution >= 0.6 is 23.4 Å². The number of rotatable bonds is 6. The third kappa shape index (κ3) is 4.87. The summed E-state index contributed by atoms with van der Waals surface area (Å²) in [5.74, 6) is 1.12. The predicted molar refractivity (Wildman–Crippen MR) is 103 cm³/mol. The minimum Gasteiger partial charge on any atom is -0.444 e. The fraction of sp³-hybridized carbons (Fsp3) is 0.158. The zero-order valence-electron chi connectivity index (χ0n) is 13.6. The lowest BCUT2D eigenvalue weighted by molar-refractivity contribution is -0.115. The largest absolute Gasteiger partial charge is 0.444 e. The van der Waals surface area contributed by atoms with Gasteiger partial charge in [0.15, 0.2) is 0 Å². The van der Waals surface area contributed by atoms with Crippen molar-refractivity contribution in [2.45, 2.75) is 17.9 Å². The Morgan fingerprint density at radius 1 is 1.20 bits per heavy atom. The van der Waals surface area contributed by atoms with E-state index in [0.717, 1.165) is 16.9 Å². The van der Waals surface area contributed by atoms with Gasteiger partial charge in [-0.05, 0) is 43.3 Å². The Labute approximate surface area is 155 Å². The van der Waals surface area contributed by atoms with E-state index >= 15 is 0 Å². The lowest BCUT2D eigenvalue weighted by Crippen LogP contribution is -2.22. The first-order chi connectivity index (χ1) is 12.1. The van der Waals surface area contributed by atoms with Gasteiger partial charge in [-0.25, -0.2) is 4.98 Å². The van der Waals surface area contributed by atoms with Gasteiger partial charge in [0, 0.05) is 22.0 Å². The van der Waals surface area contributed by atoms with Crippen molar-refractivity contribution in [3.63, 3.8) is 0 Å². The fourth-order valence-corrected chi connectivity index (χ4v) is 3.04. The van der Waals surface area contributed by atoms with Gasteiger partial charge >= 0.3 is 0 Å². The molecule has 1 amide bonds. The number of para-hydroxylation sites is 1. The normalized spacial score (nSPS) is 11.9. The van der Waals surface area contributed by atoms with Gasteiger partial charge in [0.2, 0.25) is 11.8 Å². The van der Waals surface area contributed by atoms with Crippen molar-refractivity contribution in [1.82, 2.24) is 4.98 Å². The SMILES string of the molecule is CC(SCc1coc(-c2ccc(Cl)cc2)n1)C(=O)Nc1ccccc1. The first-order valence-electron chi connectivity index (χ1n) is 7.79. The summed E-state index contributed by atoms with van der Waals surface area (Å²) in [7, 11) is 0. The molecule has 2 aromatic carbocycles. The van der Waals surface area contributed by atoms with E-state index in [-0.39, 0.29) is 11.2 Å². The van der Waals surface area contributed by atoms with E-state index in [1.165, 1.54) is 11.8 Å². The van der Waals surface area contributed by atoms with Crippen molar-refractivity contribution in [1.29, 1.82) is 0 Å². The molecule has 0 aliphatic rings. The summed E-state index contributed by atoms with van der Waals surface area (Å²) in [4.78, 5) is 16.7. The van der Waals surface area contributed by atoms with E-state index in [0.29, 0.717) is 16.7 Å². The second kappa shape index (κ2) is 8.23. The maximum Gasteiger partial charge on any atom is 0.237 e. The molecule has 4 nitrogen and oxygen atoms in total. The van der Waals surface area contributed by atoms with E-state index in [4.69, 9.17) is 16.0 Å². The van der Waals surface area contributed by atoms with Crippen LogP contribution < -0.4 is 5.32 Å². The van der Waals surface area contributed by atoms with E-state index in [1.807, 2.05) is 49.4 Å². The number of hydrogen-bond acceptors (Lipinski definition) is 4. The molecule has 0 saturated carbocycles. The van der Waals surface area contributed by atoms with Crippen LogP contribution in [0.5, 0.6) is 0 Å². The van der Waals surface area contributed by atoms with E-state index in [1.54, 1.807) is 18.4 Å². The molecule has 1 N–H and O–H groups in total. The first-order valence-corrected chi connectivity index (χ1v) is 9.22. The van der Waals surface area contributed by atoms with Gasteiger partial charge < -0.3 is 9.73 Å². The Hall–Kier alpha value is -2.24. The molecule has 6 heteroatoms. The summed E-state index contributed by atoms with van der Waals surface area (Å²) in [6.07, 6.45) is 1.62. The number of nitrogens with one attached hydrogen (secondary N) is 1. The molecule has 0 saturated heterocycles. The van der Waals surface area contributed by atoms with Gasteiger partial charge in [0.25, 0.3) is 0 Å². The maximum atomic E-state index is 12.2. The molecule has 3 rings (SSSR count). The van der Waals surface area contributed by atoms with E-state index < -0.39 is 0 Å². The number of halogens is 1. The number of nitrogens with zero attached hydrogens (tertiary/aromatic N) is 1. The summed E-state index contributed by atoms with van der Waals surface area (Å²) in [5.41, 5.74) is 2.47. The van der Waals surface area contributed by atoms with Gasteiger partial charge in [0.05, 0.1) is 10.9 Å². The molecule has 128 valence electrons. The molecule has 0 radical (unpaired) electrons. The highest BCUT2D eigenvalue weighted by Gasteiger charge is 2.15. The van der Waals surface area contributed by atoms with Gasteiger partial charge in [-0.1, -0.05) is 29.8 Å². The average molecular weight is 373 g/mol. The minimum atomic E-state index is -0.198. The van der Waals surface area contributed by atoms with Gasteiger partial charge in [-0.3, -0.25) is 4.79 Å². The van der Waals surface area contributed by atoms with Crippen LogP contribution in [0, 0.1) is 0 Å². The van der Waals surface area contributed by atoms with Crippen molar-refractivity contribution in [3.8, 4) is 11.5 Å². The fourth-order valence-electron chi connectivity index (χ4n) is 2.15. The number of amides is 1. The number of aromatic nitrogens is 1. The number of hydrogen-bond donors (Lipinski definition) is 1. The molecule has 1 unspecified atom stereocenters. The Bertz CT molecular complexity index is 834. The Morgan fingerprint density at radius 3 is 2.64 bits per heavy atom. The zero-order chi connectivity index (χ0) is 17.6. The van der Waals surface area contributed by atoms with Crippen molar-refractivity contribution in [3.05, 3.63) is 71.6 Å². The van der Waals surface area contributed by atoms with E-state index in [2.05, 4.69) is 10.3 Å². The number of thioether (sulfide) groups is 1. The Kier molecular flexibility index (Phi) is 5.79. The topological polar surface area (TPSA) is 55.1 Å². The summed E-state index contributed by atoms with van der Waals surface area (Å²) in [6, 6.07) is 16.7. The van der Waals surface area contributed by atoms with Crippen molar-refractivity contribution in [2.24, 2.45) is 0 Å². The van der Waals surface area contributed by atoms with Crippen LogP contribution in [0.4, 0.5) is 5.69 Å². The second-order valence-electron chi connectivity index (χ2n) is 5.46. The zero-order valence-corrected chi connectivity index (χ0v) is 15.2. The molecular formula is C19H17ClN2O2S. The molecule has 0 spiro atoms. The number of anilines is 1. The summed E-state index contributed by atoms with van der Waals surface area (Å²) in [5, 5.41) is 3.37. The standard InChI is InChI=1S/C19H17ClN2O2S/c1-13(18(23)21-16-5-3-2-4-6-16)25-12-17-11-24-19(22-17)14-7-9-15(20)10-8-14/h2-11,13H,12H2,1H3,(H,21,23). The van der Waals surface area contributed by atoms with Crippen LogP contribution in [0.3, 0.4) is 0 Å². The van der Waals surface area contributed by atoms with Crippen LogP contribution in [0.25, 0.3) is 11.5 Å². The first kappa shape index (κ1) is 17.6. The number of carbonyl (C=O) groups excluding carboxylic acids is 1. The third-order valence-electron chi connectivity index (χ3n) is 3.53. The van der Waals surface area contributed by atoms with Gasteiger partial charge in [-0.2, -0.15) is 0 Å². The third-order valence-corrected chi connectivity index (χ3v) is 4.96. The molecule has 25 heavy (non-hydrogen) atoms. The van der Waals surface area contributed by atoms with Gasteiger partial charge in [-0.15, -0.1) is 11.8 Å². The van der Waals surface area contributed by atoms with Crippen LogP contribution in [0.2, 0.25) is 5.02 Å². The Morgan fingerprint density at radius 2 is 1.92 bits per heavy atom. The van der Waals surface area contributed by atoms with Crippen molar-refractivity contribution in [2.75, 3.05) is 5.32 Å². The maximum absolute atomic E-state index is 12.2. The number of benzene rings is 2. The molecule has 1 heterocycles. The molecule has 0 bridgehead atoms. The average Bonchev–Trinajstić information content (AvgIpc) is 3.10. The number of carbonyl (C=O) groups is 1. The lowest BCUT2D eigenvalue weighted by atomic mass is 10.2. The minimum absolute atomic E-state index is 0.0300. The van der Waals surface area contributed by atoms with Crippen LogP contribution in [-0.2, 0) is 10.5 Å². The molecule has 0 fully saturated rings. The summed E-state index contributed by atoms with van der Waals surface area (Å²) in [6.45, 7) is 1.88. The highest BCUT2D eigenvalue weighted by Crippen LogP contribution is 2.24. The van der Waals surface area contributed by atoms with Crippen molar-refractivity contribution < 1.29 is 9.21 Å². The van der Waals surface area contributed by atoms with Crippen LogP contribution in [-0.4, -0.2) is 16.1 Å². The smallest absolute Gasteiger partial charge is 0.237 e. The summed E-state index contributed by atoms with van der Waals surface area (Å²) >= 11 is 7.40. The highest BCUT2D eigenvalue weighted by atomic mass is 35.5. The molecule has 3 aromatic rings. The van der Waals surface area contributed by atoms with Crippen LogP contribution in [0.1, 0.15) is 12.6 Å². The highest BCUT2D eigenvalue weighted by molar-refractivity contribution is 7.99. The number of oxazole rings is 1. The van der Waals surface area contributed by atoms with Gasteiger partial charge in [0.1, 0.15) is 6.26 Å².